The van der Waals surface area contributed by atoms with Gasteiger partial charge in [-0.1, -0.05) is 6.42 Å². The first kappa shape index (κ1) is 17.5. The lowest BCUT2D eigenvalue weighted by atomic mass is 9.94. The number of carbonyl (C=O) groups excluding carboxylic acids is 2. The summed E-state index contributed by atoms with van der Waals surface area (Å²) < 4.78 is 22.1. The van der Waals surface area contributed by atoms with Crippen LogP contribution in [0.1, 0.15) is 48.2 Å². The fourth-order valence-corrected chi connectivity index (χ4v) is 3.47. The molecule has 1 spiro atoms. The number of benzene rings is 1. The van der Waals surface area contributed by atoms with Gasteiger partial charge in [0.1, 0.15) is 11.3 Å². The van der Waals surface area contributed by atoms with Gasteiger partial charge in [0.2, 0.25) is 0 Å². The molecule has 7 nitrogen and oxygen atoms in total. The van der Waals surface area contributed by atoms with Crippen molar-refractivity contribution < 1.29 is 28.2 Å². The number of hydrogen-bond acceptors (Lipinski definition) is 6. The predicted molar refractivity (Wildman–Crippen MR) is 95.9 cm³/mol. The summed E-state index contributed by atoms with van der Waals surface area (Å²) in [6.07, 6.45) is 6.50. The standard InChI is InChI=1S/C20H21NO6/c1-13-15(7-10-24-13)19(23)25-12-18(22)21-14-5-6-16-17(11-14)27-20(26-16)8-3-2-4-9-20/h5-7,10-11H,2-4,8-9,12H2,1H3,(H,21,22). The number of anilines is 1. The van der Waals surface area contributed by atoms with E-state index in [-0.39, 0.29) is 6.61 Å². The Bertz CT molecular complexity index is 865. The van der Waals surface area contributed by atoms with Crippen LogP contribution in [0.15, 0.2) is 34.9 Å². The second-order valence-electron chi connectivity index (χ2n) is 6.85. The Kier molecular flexibility index (Phi) is 4.51. The van der Waals surface area contributed by atoms with E-state index in [0.717, 1.165) is 25.7 Å². The number of furan rings is 1. The van der Waals surface area contributed by atoms with Crippen molar-refractivity contribution in [2.45, 2.75) is 44.8 Å². The van der Waals surface area contributed by atoms with Gasteiger partial charge in [-0.25, -0.2) is 4.79 Å². The Hall–Kier alpha value is -2.96. The summed E-state index contributed by atoms with van der Waals surface area (Å²) in [4.78, 5) is 24.0. The van der Waals surface area contributed by atoms with Crippen LogP contribution in [-0.4, -0.2) is 24.3 Å². The molecule has 7 heteroatoms. The van der Waals surface area contributed by atoms with Gasteiger partial charge in [0, 0.05) is 24.6 Å². The summed E-state index contributed by atoms with van der Waals surface area (Å²) in [5.74, 6) is 0.184. The minimum Gasteiger partial charge on any atom is -0.469 e. The lowest BCUT2D eigenvalue weighted by Crippen LogP contribution is -2.40. The summed E-state index contributed by atoms with van der Waals surface area (Å²) in [6.45, 7) is 1.27. The fourth-order valence-electron chi connectivity index (χ4n) is 3.47. The Morgan fingerprint density at radius 1 is 1.11 bits per heavy atom. The van der Waals surface area contributed by atoms with Gasteiger partial charge in [0.05, 0.1) is 6.26 Å². The topological polar surface area (TPSA) is 87.0 Å². The van der Waals surface area contributed by atoms with Crippen molar-refractivity contribution in [1.29, 1.82) is 0 Å². The zero-order valence-electron chi connectivity index (χ0n) is 15.1. The van der Waals surface area contributed by atoms with E-state index in [4.69, 9.17) is 18.6 Å². The smallest absolute Gasteiger partial charge is 0.342 e. The minimum atomic E-state index is -0.596. The van der Waals surface area contributed by atoms with Crippen LogP contribution in [0.2, 0.25) is 0 Å². The van der Waals surface area contributed by atoms with Crippen molar-refractivity contribution >= 4 is 17.6 Å². The number of nitrogens with one attached hydrogen (secondary N) is 1. The van der Waals surface area contributed by atoms with Crippen LogP contribution >= 0.6 is 0 Å². The van der Waals surface area contributed by atoms with E-state index >= 15 is 0 Å². The maximum Gasteiger partial charge on any atom is 0.342 e. The van der Waals surface area contributed by atoms with E-state index in [1.165, 1.54) is 18.8 Å². The van der Waals surface area contributed by atoms with E-state index in [9.17, 15) is 9.59 Å². The van der Waals surface area contributed by atoms with E-state index < -0.39 is 17.7 Å². The van der Waals surface area contributed by atoms with Crippen LogP contribution in [0, 0.1) is 6.92 Å². The van der Waals surface area contributed by atoms with Crippen molar-refractivity contribution in [3.05, 3.63) is 41.9 Å². The number of amides is 1. The summed E-state index contributed by atoms with van der Waals surface area (Å²) >= 11 is 0. The monoisotopic (exact) mass is 371 g/mol. The van der Waals surface area contributed by atoms with Gasteiger partial charge in [-0.3, -0.25) is 4.79 Å². The van der Waals surface area contributed by atoms with E-state index in [0.29, 0.717) is 28.5 Å². The minimum absolute atomic E-state index is 0.309. The molecule has 142 valence electrons. The fraction of sp³-hybridized carbons (Fsp3) is 0.400. The van der Waals surface area contributed by atoms with Gasteiger partial charge < -0.3 is 23.9 Å². The van der Waals surface area contributed by atoms with Gasteiger partial charge >= 0.3 is 5.97 Å². The summed E-state index contributed by atoms with van der Waals surface area (Å²) in [5.41, 5.74) is 0.870. The summed E-state index contributed by atoms with van der Waals surface area (Å²) in [7, 11) is 0. The normalized spacial score (nSPS) is 16.9. The number of hydrogen-bond donors (Lipinski definition) is 1. The highest BCUT2D eigenvalue weighted by molar-refractivity contribution is 5.96. The molecule has 1 fully saturated rings. The van der Waals surface area contributed by atoms with Crippen molar-refractivity contribution in [2.24, 2.45) is 0 Å². The molecule has 1 saturated carbocycles. The number of fused-ring (bicyclic) bond motifs is 1. The zero-order valence-corrected chi connectivity index (χ0v) is 15.1. The molecular weight excluding hydrogens is 350 g/mol. The third kappa shape index (κ3) is 3.63. The lowest BCUT2D eigenvalue weighted by Gasteiger charge is -2.31. The van der Waals surface area contributed by atoms with E-state index in [2.05, 4.69) is 5.32 Å². The molecule has 1 aromatic carbocycles. The van der Waals surface area contributed by atoms with Crippen LogP contribution < -0.4 is 14.8 Å². The van der Waals surface area contributed by atoms with Crippen molar-refractivity contribution in [3.8, 4) is 11.5 Å². The van der Waals surface area contributed by atoms with Crippen molar-refractivity contribution in [1.82, 2.24) is 0 Å². The van der Waals surface area contributed by atoms with Gasteiger partial charge in [-0.2, -0.15) is 0 Å². The highest BCUT2D eigenvalue weighted by Gasteiger charge is 2.42. The molecule has 2 heterocycles. The second-order valence-corrected chi connectivity index (χ2v) is 6.85. The quantitative estimate of drug-likeness (QED) is 0.822. The van der Waals surface area contributed by atoms with Crippen molar-refractivity contribution in [3.63, 3.8) is 0 Å². The highest BCUT2D eigenvalue weighted by Crippen LogP contribution is 2.46. The average molecular weight is 371 g/mol. The van der Waals surface area contributed by atoms with Crippen LogP contribution in [-0.2, 0) is 9.53 Å². The molecule has 0 atom stereocenters. The largest absolute Gasteiger partial charge is 0.469 e. The molecule has 1 aromatic heterocycles. The zero-order chi connectivity index (χ0) is 18.9. The number of aryl methyl sites for hydroxylation is 1. The predicted octanol–water partition coefficient (Wildman–Crippen LogP) is 3.82. The maximum absolute atomic E-state index is 12.1. The summed E-state index contributed by atoms with van der Waals surface area (Å²) in [5, 5.41) is 2.70. The molecule has 2 aliphatic rings. The second kappa shape index (κ2) is 6.98. The maximum atomic E-state index is 12.1. The lowest BCUT2D eigenvalue weighted by molar-refractivity contribution is -0.119. The Balaban J connectivity index is 1.34. The first-order chi connectivity index (χ1) is 13.0. The van der Waals surface area contributed by atoms with E-state index in [1.54, 1.807) is 25.1 Å². The molecule has 2 aromatic rings. The molecule has 1 aliphatic heterocycles. The Morgan fingerprint density at radius 3 is 2.63 bits per heavy atom. The molecule has 27 heavy (non-hydrogen) atoms. The molecule has 0 unspecified atom stereocenters. The third-order valence-electron chi connectivity index (χ3n) is 4.85. The van der Waals surface area contributed by atoms with Crippen LogP contribution in [0.4, 0.5) is 5.69 Å². The molecule has 1 aliphatic carbocycles. The SMILES string of the molecule is Cc1occc1C(=O)OCC(=O)Nc1ccc2c(c1)OC1(CCCCC1)O2. The Morgan fingerprint density at radius 2 is 1.89 bits per heavy atom. The summed E-state index contributed by atoms with van der Waals surface area (Å²) in [6, 6.07) is 6.77. The van der Waals surface area contributed by atoms with Crippen LogP contribution in [0.25, 0.3) is 0 Å². The number of rotatable bonds is 4. The molecule has 0 radical (unpaired) electrons. The highest BCUT2D eigenvalue weighted by atomic mass is 16.7. The van der Waals surface area contributed by atoms with Crippen molar-refractivity contribution in [2.75, 3.05) is 11.9 Å². The van der Waals surface area contributed by atoms with Gasteiger partial charge in [-0.15, -0.1) is 0 Å². The molecule has 1 N–H and O–H groups in total. The van der Waals surface area contributed by atoms with Gasteiger partial charge in [0.15, 0.2) is 18.1 Å². The number of carbonyl (C=O) groups is 2. The van der Waals surface area contributed by atoms with E-state index in [1.807, 2.05) is 0 Å². The van der Waals surface area contributed by atoms with Crippen LogP contribution in [0.3, 0.4) is 0 Å². The third-order valence-corrected chi connectivity index (χ3v) is 4.85. The molecule has 4 rings (SSSR count). The first-order valence-corrected chi connectivity index (χ1v) is 9.08. The van der Waals surface area contributed by atoms with Gasteiger partial charge in [0.25, 0.3) is 11.7 Å². The first-order valence-electron chi connectivity index (χ1n) is 9.08. The number of ether oxygens (including phenoxy) is 3. The molecule has 0 saturated heterocycles. The molecule has 1 amide bonds. The van der Waals surface area contributed by atoms with Gasteiger partial charge in [-0.05, 0) is 38.0 Å². The number of esters is 1. The van der Waals surface area contributed by atoms with Crippen LogP contribution in [0.5, 0.6) is 11.5 Å². The molecule has 0 bridgehead atoms. The Labute approximate surface area is 156 Å². The molecular formula is C20H21NO6. The average Bonchev–Trinajstić information content (AvgIpc) is 3.23.